The summed E-state index contributed by atoms with van der Waals surface area (Å²) in [5, 5.41) is 3.70. The molecule has 18 heavy (non-hydrogen) atoms. The van der Waals surface area contributed by atoms with Crippen LogP contribution in [-0.2, 0) is 6.18 Å². The van der Waals surface area contributed by atoms with Gasteiger partial charge in [0.05, 0.1) is 5.69 Å². The fourth-order valence-electron chi connectivity index (χ4n) is 1.87. The Morgan fingerprint density at radius 3 is 2.11 bits per heavy atom. The zero-order valence-electron chi connectivity index (χ0n) is 9.92. The number of nitrogen functional groups attached to an aromatic ring is 1. The fraction of sp³-hybridized carbons (Fsp3) is 0.250. The van der Waals surface area contributed by atoms with Crippen LogP contribution in [0.2, 0.25) is 0 Å². The average Bonchev–Trinajstić information content (AvgIpc) is 2.58. The number of hydrogen-bond donors (Lipinski definition) is 1. The second-order valence-corrected chi connectivity index (χ2v) is 4.21. The fourth-order valence-corrected chi connectivity index (χ4v) is 1.87. The molecule has 2 aromatic rings. The maximum Gasteiger partial charge on any atom is 0.433 e. The van der Waals surface area contributed by atoms with Crippen LogP contribution in [-0.4, -0.2) is 9.78 Å². The number of alkyl halides is 3. The number of halogens is 3. The van der Waals surface area contributed by atoms with Gasteiger partial charge in [0.25, 0.3) is 0 Å². The molecule has 96 valence electrons. The number of aromatic nitrogens is 2. The molecule has 1 heterocycles. The van der Waals surface area contributed by atoms with Crippen molar-refractivity contribution in [3.8, 4) is 5.69 Å². The molecule has 0 aliphatic carbocycles. The van der Waals surface area contributed by atoms with Gasteiger partial charge >= 0.3 is 6.18 Å². The molecule has 0 spiro atoms. The highest BCUT2D eigenvalue weighted by Crippen LogP contribution is 2.32. The molecule has 0 bridgehead atoms. The Labute approximate surface area is 102 Å². The Hall–Kier alpha value is -1.98. The second kappa shape index (κ2) is 4.04. The van der Waals surface area contributed by atoms with E-state index in [2.05, 4.69) is 5.10 Å². The lowest BCUT2D eigenvalue weighted by molar-refractivity contribution is -0.142. The van der Waals surface area contributed by atoms with Gasteiger partial charge in [0.2, 0.25) is 0 Å². The van der Waals surface area contributed by atoms with Crippen LogP contribution in [0.15, 0.2) is 24.3 Å². The molecule has 0 saturated carbocycles. The maximum absolute atomic E-state index is 12.8. The van der Waals surface area contributed by atoms with Gasteiger partial charge < -0.3 is 5.73 Å². The van der Waals surface area contributed by atoms with E-state index >= 15 is 0 Å². The first-order valence-electron chi connectivity index (χ1n) is 5.29. The summed E-state index contributed by atoms with van der Waals surface area (Å²) in [6.07, 6.45) is -4.48. The van der Waals surface area contributed by atoms with Crippen molar-refractivity contribution in [2.75, 3.05) is 5.73 Å². The third-order valence-electron chi connectivity index (χ3n) is 2.47. The molecule has 3 nitrogen and oxygen atoms in total. The normalized spacial score (nSPS) is 11.8. The number of rotatable bonds is 1. The van der Waals surface area contributed by atoms with Crippen molar-refractivity contribution < 1.29 is 13.2 Å². The highest BCUT2D eigenvalue weighted by Gasteiger charge is 2.36. The lowest BCUT2D eigenvalue weighted by Crippen LogP contribution is -2.13. The van der Waals surface area contributed by atoms with E-state index in [1.165, 1.54) is 0 Å². The SMILES string of the molecule is Cc1cc(C)cc(-n2nc(N)cc2C(F)(F)F)c1. The Bertz CT molecular complexity index is 564. The summed E-state index contributed by atoms with van der Waals surface area (Å²) >= 11 is 0. The van der Waals surface area contributed by atoms with Crippen molar-refractivity contribution >= 4 is 5.82 Å². The van der Waals surface area contributed by atoms with Crippen LogP contribution in [0.25, 0.3) is 5.69 Å². The minimum absolute atomic E-state index is 0.151. The highest BCUT2D eigenvalue weighted by molar-refractivity contribution is 5.43. The highest BCUT2D eigenvalue weighted by atomic mass is 19.4. The third-order valence-corrected chi connectivity index (χ3v) is 2.47. The van der Waals surface area contributed by atoms with Gasteiger partial charge in [-0.15, -0.1) is 0 Å². The molecule has 0 radical (unpaired) electrons. The molecule has 6 heteroatoms. The Kier molecular flexibility index (Phi) is 2.80. The van der Waals surface area contributed by atoms with E-state index in [4.69, 9.17) is 5.73 Å². The maximum atomic E-state index is 12.8. The summed E-state index contributed by atoms with van der Waals surface area (Å²) in [6.45, 7) is 3.63. The van der Waals surface area contributed by atoms with Gasteiger partial charge in [0.1, 0.15) is 11.5 Å². The first kappa shape index (κ1) is 12.5. The second-order valence-electron chi connectivity index (χ2n) is 4.21. The van der Waals surface area contributed by atoms with E-state index in [9.17, 15) is 13.2 Å². The Morgan fingerprint density at radius 1 is 1.06 bits per heavy atom. The minimum Gasteiger partial charge on any atom is -0.382 e. The quantitative estimate of drug-likeness (QED) is 0.851. The van der Waals surface area contributed by atoms with Crippen molar-refractivity contribution in [1.82, 2.24) is 9.78 Å². The van der Waals surface area contributed by atoms with Gasteiger partial charge in [-0.1, -0.05) is 6.07 Å². The predicted octanol–water partition coefficient (Wildman–Crippen LogP) is 3.09. The van der Waals surface area contributed by atoms with Gasteiger partial charge in [-0.2, -0.15) is 18.3 Å². The number of nitrogens with two attached hydrogens (primary N) is 1. The van der Waals surface area contributed by atoms with Gasteiger partial charge in [-0.05, 0) is 37.1 Å². The van der Waals surface area contributed by atoms with Gasteiger partial charge in [-0.25, -0.2) is 4.68 Å². The number of aryl methyl sites for hydroxylation is 2. The Morgan fingerprint density at radius 2 is 1.61 bits per heavy atom. The van der Waals surface area contributed by atoms with Crippen molar-refractivity contribution in [1.29, 1.82) is 0 Å². The predicted molar refractivity (Wildman–Crippen MR) is 62.5 cm³/mol. The standard InChI is InChI=1S/C12H12F3N3/c1-7-3-8(2)5-9(4-7)18-10(12(13,14)15)6-11(16)17-18/h3-6H,1-2H3,(H2,16,17). The van der Waals surface area contributed by atoms with Crippen LogP contribution >= 0.6 is 0 Å². The lowest BCUT2D eigenvalue weighted by atomic mass is 10.1. The van der Waals surface area contributed by atoms with E-state index in [1.807, 2.05) is 19.9 Å². The molecular formula is C12H12F3N3. The minimum atomic E-state index is -4.48. The molecule has 0 amide bonds. The molecule has 1 aromatic heterocycles. The van der Waals surface area contributed by atoms with E-state index in [1.54, 1.807) is 12.1 Å². The summed E-state index contributed by atoms with van der Waals surface area (Å²) in [5.74, 6) is -0.151. The molecule has 0 fully saturated rings. The number of benzene rings is 1. The van der Waals surface area contributed by atoms with Crippen LogP contribution in [0.3, 0.4) is 0 Å². The lowest BCUT2D eigenvalue weighted by Gasteiger charge is -2.11. The van der Waals surface area contributed by atoms with Crippen LogP contribution < -0.4 is 5.73 Å². The van der Waals surface area contributed by atoms with Gasteiger partial charge in [0, 0.05) is 6.07 Å². The van der Waals surface area contributed by atoms with Gasteiger partial charge in [-0.3, -0.25) is 0 Å². The summed E-state index contributed by atoms with van der Waals surface area (Å²) in [5.41, 5.74) is 6.58. The molecule has 0 unspecified atom stereocenters. The summed E-state index contributed by atoms with van der Waals surface area (Å²) in [4.78, 5) is 0. The topological polar surface area (TPSA) is 43.8 Å². The smallest absolute Gasteiger partial charge is 0.382 e. The van der Waals surface area contributed by atoms with E-state index in [0.717, 1.165) is 21.9 Å². The first-order valence-corrected chi connectivity index (χ1v) is 5.29. The van der Waals surface area contributed by atoms with Gasteiger partial charge in [0.15, 0.2) is 0 Å². The molecule has 2 rings (SSSR count). The molecule has 0 saturated heterocycles. The molecule has 0 atom stereocenters. The first-order chi connectivity index (χ1) is 8.27. The molecule has 1 aromatic carbocycles. The van der Waals surface area contributed by atoms with E-state index in [0.29, 0.717) is 5.69 Å². The van der Waals surface area contributed by atoms with Crippen LogP contribution in [0.1, 0.15) is 16.8 Å². The van der Waals surface area contributed by atoms with Crippen molar-refractivity contribution in [3.05, 3.63) is 41.1 Å². The zero-order valence-corrected chi connectivity index (χ0v) is 9.92. The third kappa shape index (κ3) is 2.32. The summed E-state index contributed by atoms with van der Waals surface area (Å²) in [6, 6.07) is 5.98. The number of hydrogen-bond acceptors (Lipinski definition) is 2. The largest absolute Gasteiger partial charge is 0.433 e. The monoisotopic (exact) mass is 255 g/mol. The molecule has 2 N–H and O–H groups in total. The number of nitrogens with zero attached hydrogens (tertiary/aromatic N) is 2. The summed E-state index contributed by atoms with van der Waals surface area (Å²) in [7, 11) is 0. The molecular weight excluding hydrogens is 243 g/mol. The van der Waals surface area contributed by atoms with E-state index < -0.39 is 11.9 Å². The van der Waals surface area contributed by atoms with Crippen molar-refractivity contribution in [2.24, 2.45) is 0 Å². The van der Waals surface area contributed by atoms with Crippen molar-refractivity contribution in [3.63, 3.8) is 0 Å². The zero-order chi connectivity index (χ0) is 13.5. The average molecular weight is 255 g/mol. The Balaban J connectivity index is 2.63. The van der Waals surface area contributed by atoms with Crippen molar-refractivity contribution in [2.45, 2.75) is 20.0 Å². The van der Waals surface area contributed by atoms with Crippen LogP contribution in [0, 0.1) is 13.8 Å². The molecule has 0 aliphatic rings. The van der Waals surface area contributed by atoms with E-state index in [-0.39, 0.29) is 5.82 Å². The van der Waals surface area contributed by atoms with Crippen LogP contribution in [0.4, 0.5) is 19.0 Å². The van der Waals surface area contributed by atoms with Crippen LogP contribution in [0.5, 0.6) is 0 Å². The molecule has 0 aliphatic heterocycles. The summed E-state index contributed by atoms with van der Waals surface area (Å²) < 4.78 is 39.3. The number of anilines is 1.